The molecule has 0 heterocycles. The van der Waals surface area contributed by atoms with Gasteiger partial charge in [0.05, 0.1) is 6.61 Å². The Hall–Kier alpha value is -1.88. The second kappa shape index (κ2) is 5.77. The van der Waals surface area contributed by atoms with Gasteiger partial charge in [-0.05, 0) is 11.1 Å². The Morgan fingerprint density at radius 2 is 2.13 bits per heavy atom. The van der Waals surface area contributed by atoms with E-state index < -0.39 is 5.91 Å². The van der Waals surface area contributed by atoms with E-state index in [1.54, 1.807) is 6.07 Å². The Morgan fingerprint density at radius 3 is 2.73 bits per heavy atom. The third-order valence-corrected chi connectivity index (χ3v) is 1.76. The Kier molecular flexibility index (Phi) is 4.30. The zero-order chi connectivity index (χ0) is 11.1. The molecule has 5 nitrogen and oxygen atoms in total. The van der Waals surface area contributed by atoms with Gasteiger partial charge in [0.1, 0.15) is 12.8 Å². The van der Waals surface area contributed by atoms with Crippen LogP contribution in [0.5, 0.6) is 0 Å². The summed E-state index contributed by atoms with van der Waals surface area (Å²) in [6.45, 7) is 0.138. The van der Waals surface area contributed by atoms with Crippen LogP contribution in [0.4, 0.5) is 0 Å². The summed E-state index contributed by atoms with van der Waals surface area (Å²) in [5.41, 5.74) is 6.41. The van der Waals surface area contributed by atoms with Gasteiger partial charge in [0, 0.05) is 0 Å². The largest absolute Gasteiger partial charge is 0.392 e. The number of aliphatic hydroxyl groups is 1. The van der Waals surface area contributed by atoms with E-state index in [1.807, 2.05) is 18.2 Å². The van der Waals surface area contributed by atoms with Gasteiger partial charge in [0.2, 0.25) is 0 Å². The number of nitrogens with two attached hydrogens (primary N) is 1. The summed E-state index contributed by atoms with van der Waals surface area (Å²) in [7, 11) is 0. The van der Waals surface area contributed by atoms with Crippen LogP contribution < -0.4 is 5.73 Å². The first-order valence-corrected chi connectivity index (χ1v) is 4.36. The minimum Gasteiger partial charge on any atom is -0.392 e. The molecule has 0 aromatic heterocycles. The van der Waals surface area contributed by atoms with Crippen molar-refractivity contribution in [2.24, 2.45) is 10.9 Å². The van der Waals surface area contributed by atoms with Crippen LogP contribution in [-0.2, 0) is 22.8 Å². The van der Waals surface area contributed by atoms with Crippen molar-refractivity contribution in [1.82, 2.24) is 0 Å². The zero-order valence-electron chi connectivity index (χ0n) is 8.09. The molecule has 0 atom stereocenters. The number of benzene rings is 1. The van der Waals surface area contributed by atoms with Crippen LogP contribution in [0.25, 0.3) is 0 Å². The molecule has 0 radical (unpaired) electrons. The Bertz CT molecular complexity index is 363. The predicted molar refractivity (Wildman–Crippen MR) is 54.8 cm³/mol. The Morgan fingerprint density at radius 1 is 1.47 bits per heavy atom. The molecular weight excluding hydrogens is 196 g/mol. The standard InChI is InChI=1S/C10H12N2O3/c11-10(14)5-12-15-7-9-4-2-1-3-8(9)6-13/h1-5,13H,6-7H2,(H2,11,14)/b12-5-. The lowest BCUT2D eigenvalue weighted by molar-refractivity contribution is -0.111. The van der Waals surface area contributed by atoms with Gasteiger partial charge in [0.15, 0.2) is 0 Å². The van der Waals surface area contributed by atoms with Gasteiger partial charge in [-0.25, -0.2) is 0 Å². The molecule has 15 heavy (non-hydrogen) atoms. The molecule has 0 aliphatic carbocycles. The van der Waals surface area contributed by atoms with Crippen molar-refractivity contribution in [2.75, 3.05) is 0 Å². The fourth-order valence-corrected chi connectivity index (χ4v) is 1.05. The predicted octanol–water partition coefficient (Wildman–Crippen LogP) is 0.167. The summed E-state index contributed by atoms with van der Waals surface area (Å²) in [6, 6.07) is 7.25. The highest BCUT2D eigenvalue weighted by Gasteiger charge is 1.99. The van der Waals surface area contributed by atoms with Crippen molar-refractivity contribution in [3.8, 4) is 0 Å². The summed E-state index contributed by atoms with van der Waals surface area (Å²) < 4.78 is 0. The molecule has 0 fully saturated rings. The quantitative estimate of drug-likeness (QED) is 0.534. The van der Waals surface area contributed by atoms with Crippen molar-refractivity contribution >= 4 is 12.1 Å². The maximum Gasteiger partial charge on any atom is 0.263 e. The van der Waals surface area contributed by atoms with E-state index in [4.69, 9.17) is 15.7 Å². The van der Waals surface area contributed by atoms with Gasteiger partial charge in [0.25, 0.3) is 5.91 Å². The minimum absolute atomic E-state index is 0.0565. The lowest BCUT2D eigenvalue weighted by Gasteiger charge is -2.04. The number of oxime groups is 1. The summed E-state index contributed by atoms with van der Waals surface area (Å²) in [5.74, 6) is -0.662. The first-order valence-electron chi connectivity index (χ1n) is 4.36. The van der Waals surface area contributed by atoms with Gasteiger partial charge < -0.3 is 15.7 Å². The highest BCUT2D eigenvalue weighted by atomic mass is 16.6. The Labute approximate surface area is 87.1 Å². The molecule has 5 heteroatoms. The molecule has 3 N–H and O–H groups in total. The molecule has 0 spiro atoms. The number of rotatable bonds is 5. The molecule has 0 saturated heterocycles. The topological polar surface area (TPSA) is 84.9 Å². The molecular formula is C10H12N2O3. The van der Waals surface area contributed by atoms with Crippen LogP contribution in [-0.4, -0.2) is 17.2 Å². The first-order chi connectivity index (χ1) is 7.24. The summed E-state index contributed by atoms with van der Waals surface area (Å²) >= 11 is 0. The minimum atomic E-state index is -0.662. The lowest BCUT2D eigenvalue weighted by Crippen LogP contribution is -2.11. The van der Waals surface area contributed by atoms with Crippen LogP contribution in [0.15, 0.2) is 29.4 Å². The van der Waals surface area contributed by atoms with Gasteiger partial charge in [-0.3, -0.25) is 4.79 Å². The van der Waals surface area contributed by atoms with E-state index in [-0.39, 0.29) is 13.2 Å². The number of hydrogen-bond acceptors (Lipinski definition) is 4. The van der Waals surface area contributed by atoms with Gasteiger partial charge >= 0.3 is 0 Å². The van der Waals surface area contributed by atoms with E-state index >= 15 is 0 Å². The van der Waals surface area contributed by atoms with Crippen molar-refractivity contribution in [3.63, 3.8) is 0 Å². The number of nitrogens with zero attached hydrogens (tertiary/aromatic N) is 1. The second-order valence-electron chi connectivity index (χ2n) is 2.84. The van der Waals surface area contributed by atoms with Crippen molar-refractivity contribution in [2.45, 2.75) is 13.2 Å². The molecule has 0 bridgehead atoms. The van der Waals surface area contributed by atoms with Crippen LogP contribution in [0.1, 0.15) is 11.1 Å². The fourth-order valence-electron chi connectivity index (χ4n) is 1.05. The fraction of sp³-hybridized carbons (Fsp3) is 0.200. The van der Waals surface area contributed by atoms with Gasteiger partial charge in [-0.2, -0.15) is 0 Å². The zero-order valence-corrected chi connectivity index (χ0v) is 8.09. The molecule has 0 unspecified atom stereocenters. The summed E-state index contributed by atoms with van der Waals surface area (Å²) in [4.78, 5) is 15.1. The van der Waals surface area contributed by atoms with Crippen LogP contribution in [0.2, 0.25) is 0 Å². The molecule has 1 aromatic carbocycles. The van der Waals surface area contributed by atoms with E-state index in [2.05, 4.69) is 5.16 Å². The first kappa shape index (κ1) is 11.2. The SMILES string of the molecule is NC(=O)/C=N\OCc1ccccc1CO. The van der Waals surface area contributed by atoms with E-state index in [0.29, 0.717) is 0 Å². The van der Waals surface area contributed by atoms with E-state index in [0.717, 1.165) is 17.3 Å². The smallest absolute Gasteiger partial charge is 0.263 e. The van der Waals surface area contributed by atoms with Crippen LogP contribution in [0, 0.1) is 0 Å². The summed E-state index contributed by atoms with van der Waals surface area (Å²) in [5, 5.41) is 12.4. The normalized spacial score (nSPS) is 10.5. The molecule has 1 amide bonds. The van der Waals surface area contributed by atoms with Crippen molar-refractivity contribution in [3.05, 3.63) is 35.4 Å². The number of carbonyl (C=O) groups is 1. The molecule has 0 aliphatic rings. The lowest BCUT2D eigenvalue weighted by atomic mass is 10.1. The van der Waals surface area contributed by atoms with Crippen LogP contribution >= 0.6 is 0 Å². The third kappa shape index (κ3) is 3.78. The number of carbonyl (C=O) groups excluding carboxylic acids is 1. The van der Waals surface area contributed by atoms with Crippen molar-refractivity contribution in [1.29, 1.82) is 0 Å². The maximum absolute atomic E-state index is 10.3. The second-order valence-corrected chi connectivity index (χ2v) is 2.84. The number of aliphatic hydroxyl groups excluding tert-OH is 1. The molecule has 1 aromatic rings. The van der Waals surface area contributed by atoms with E-state index in [9.17, 15) is 4.79 Å². The highest BCUT2D eigenvalue weighted by molar-refractivity contribution is 6.25. The summed E-state index contributed by atoms with van der Waals surface area (Å²) in [6.07, 6.45) is 0.890. The molecule has 1 rings (SSSR count). The number of amides is 1. The van der Waals surface area contributed by atoms with Gasteiger partial charge in [-0.15, -0.1) is 0 Å². The molecule has 0 saturated carbocycles. The van der Waals surface area contributed by atoms with Gasteiger partial charge in [-0.1, -0.05) is 29.4 Å². The van der Waals surface area contributed by atoms with Crippen molar-refractivity contribution < 1.29 is 14.7 Å². The average Bonchev–Trinajstić information content (AvgIpc) is 2.24. The monoisotopic (exact) mass is 208 g/mol. The highest BCUT2D eigenvalue weighted by Crippen LogP contribution is 2.09. The van der Waals surface area contributed by atoms with Crippen LogP contribution in [0.3, 0.4) is 0 Å². The van der Waals surface area contributed by atoms with E-state index in [1.165, 1.54) is 0 Å². The number of hydrogen-bond donors (Lipinski definition) is 2. The maximum atomic E-state index is 10.3. The molecule has 0 aliphatic heterocycles. The Balaban J connectivity index is 2.53. The molecule has 80 valence electrons. The number of primary amides is 1. The third-order valence-electron chi connectivity index (χ3n) is 1.76. The average molecular weight is 208 g/mol.